The first-order valence-corrected chi connectivity index (χ1v) is 3.80. The molecule has 0 unspecified atom stereocenters. The van der Waals surface area contributed by atoms with Gasteiger partial charge in [-0.15, -0.1) is 0 Å². The summed E-state index contributed by atoms with van der Waals surface area (Å²) in [6.45, 7) is 1.48. The highest BCUT2D eigenvalue weighted by Gasteiger charge is 2.45. The molecule has 5 heteroatoms. The second-order valence-corrected chi connectivity index (χ2v) is 2.92. The number of aliphatic hydroxyl groups excluding tert-OH is 3. The highest BCUT2D eigenvalue weighted by Crippen LogP contribution is 2.23. The lowest BCUT2D eigenvalue weighted by Crippen LogP contribution is -2.38. The smallest absolute Gasteiger partial charge is 0.184 e. The van der Waals surface area contributed by atoms with Crippen molar-refractivity contribution in [2.45, 2.75) is 37.6 Å². The third kappa shape index (κ3) is 1.60. The number of rotatable bonds is 2. The first kappa shape index (κ1) is 9.88. The van der Waals surface area contributed by atoms with Gasteiger partial charge >= 0.3 is 0 Å². The zero-order valence-corrected chi connectivity index (χ0v) is 7.04. The molecule has 0 aromatic carbocycles. The molecule has 3 N–H and O–H groups in total. The van der Waals surface area contributed by atoms with Crippen molar-refractivity contribution in [3.05, 3.63) is 0 Å². The lowest BCUT2D eigenvalue weighted by molar-refractivity contribution is -0.148. The maximum atomic E-state index is 9.42. The Kier molecular flexibility index (Phi) is 3.03. The molecule has 1 saturated heterocycles. The van der Waals surface area contributed by atoms with Crippen LogP contribution in [0.3, 0.4) is 0 Å². The molecule has 0 saturated carbocycles. The number of aliphatic hydroxyl groups is 3. The number of hydrogen-bond acceptors (Lipinski definition) is 5. The summed E-state index contributed by atoms with van der Waals surface area (Å²) in [5.41, 5.74) is 0. The molecule has 72 valence electrons. The van der Waals surface area contributed by atoms with Crippen molar-refractivity contribution in [1.82, 2.24) is 0 Å². The Morgan fingerprint density at radius 2 is 2.00 bits per heavy atom. The largest absolute Gasteiger partial charge is 0.391 e. The van der Waals surface area contributed by atoms with E-state index >= 15 is 0 Å². The van der Waals surface area contributed by atoms with E-state index in [0.717, 1.165) is 0 Å². The summed E-state index contributed by atoms with van der Waals surface area (Å²) in [5.74, 6) is 0. The number of ether oxygens (including phenoxy) is 2. The van der Waals surface area contributed by atoms with Crippen LogP contribution in [-0.2, 0) is 9.47 Å². The molecule has 1 heterocycles. The topological polar surface area (TPSA) is 79.2 Å². The minimum Gasteiger partial charge on any atom is -0.391 e. The fourth-order valence-electron chi connectivity index (χ4n) is 1.33. The molecule has 0 aromatic rings. The highest BCUT2D eigenvalue weighted by molar-refractivity contribution is 4.89. The van der Waals surface area contributed by atoms with E-state index in [-0.39, 0.29) is 0 Å². The van der Waals surface area contributed by atoms with Crippen LogP contribution in [0.5, 0.6) is 0 Å². The first-order valence-electron chi connectivity index (χ1n) is 3.80. The molecule has 0 spiro atoms. The van der Waals surface area contributed by atoms with Crippen LogP contribution in [0.25, 0.3) is 0 Å². The van der Waals surface area contributed by atoms with Gasteiger partial charge in [-0.05, 0) is 6.92 Å². The van der Waals surface area contributed by atoms with E-state index in [4.69, 9.17) is 19.7 Å². The molecule has 0 aliphatic carbocycles. The van der Waals surface area contributed by atoms with Crippen LogP contribution in [0, 0.1) is 0 Å². The zero-order valence-electron chi connectivity index (χ0n) is 7.04. The van der Waals surface area contributed by atoms with E-state index in [1.54, 1.807) is 0 Å². The number of methoxy groups -OCH3 is 1. The molecule has 1 rings (SSSR count). The van der Waals surface area contributed by atoms with Crippen molar-refractivity contribution >= 4 is 0 Å². The molecular weight excluding hydrogens is 164 g/mol. The second kappa shape index (κ2) is 3.68. The van der Waals surface area contributed by atoms with Gasteiger partial charge in [0.1, 0.15) is 18.3 Å². The van der Waals surface area contributed by atoms with Crippen molar-refractivity contribution in [1.29, 1.82) is 0 Å². The van der Waals surface area contributed by atoms with E-state index in [1.165, 1.54) is 14.0 Å². The fourth-order valence-corrected chi connectivity index (χ4v) is 1.33. The Morgan fingerprint density at radius 3 is 2.25 bits per heavy atom. The van der Waals surface area contributed by atoms with Gasteiger partial charge in [0.05, 0.1) is 6.10 Å². The molecule has 5 atom stereocenters. The number of hydrogen-bond donors (Lipinski definition) is 3. The molecule has 0 bridgehead atoms. The maximum Gasteiger partial charge on any atom is 0.184 e. The van der Waals surface area contributed by atoms with Gasteiger partial charge in [-0.1, -0.05) is 0 Å². The zero-order chi connectivity index (χ0) is 9.30. The Balaban J connectivity index is 2.62. The van der Waals surface area contributed by atoms with E-state index in [2.05, 4.69) is 0 Å². The fraction of sp³-hybridized carbons (Fsp3) is 1.00. The lowest BCUT2D eigenvalue weighted by atomic mass is 10.1. The first-order chi connectivity index (χ1) is 5.57. The molecule has 5 nitrogen and oxygen atoms in total. The summed E-state index contributed by atoms with van der Waals surface area (Å²) in [4.78, 5) is 0. The van der Waals surface area contributed by atoms with Gasteiger partial charge in [0.2, 0.25) is 0 Å². The quantitative estimate of drug-likeness (QED) is 0.477. The van der Waals surface area contributed by atoms with E-state index in [9.17, 15) is 5.11 Å². The van der Waals surface area contributed by atoms with Crippen LogP contribution in [0.4, 0.5) is 0 Å². The Morgan fingerprint density at radius 1 is 1.42 bits per heavy atom. The minimum absolute atomic E-state index is 0.773. The van der Waals surface area contributed by atoms with Crippen LogP contribution in [0.2, 0.25) is 0 Å². The maximum absolute atomic E-state index is 9.42. The highest BCUT2D eigenvalue weighted by atomic mass is 16.7. The van der Waals surface area contributed by atoms with Gasteiger partial charge in [-0.3, -0.25) is 0 Å². The average Bonchev–Trinajstić information content (AvgIpc) is 2.27. The summed E-state index contributed by atoms with van der Waals surface area (Å²) in [5, 5.41) is 27.7. The Hall–Kier alpha value is -0.200. The van der Waals surface area contributed by atoms with Gasteiger partial charge in [-0.25, -0.2) is 0 Å². The van der Waals surface area contributed by atoms with Crippen molar-refractivity contribution in [3.63, 3.8) is 0 Å². The third-order valence-electron chi connectivity index (χ3n) is 2.00. The standard InChI is InChI=1S/C7H14O5/c1-3(8)5-4(9)6(11-2)7(10)12-5/h3-10H,1-2H3/t3-,4+,5-,6+,7-/m0/s1. The molecule has 0 amide bonds. The Bertz CT molecular complexity index is 149. The summed E-state index contributed by atoms with van der Waals surface area (Å²) in [6.07, 6.45) is -4.51. The molecular formula is C7H14O5. The van der Waals surface area contributed by atoms with Crippen molar-refractivity contribution in [2.24, 2.45) is 0 Å². The lowest BCUT2D eigenvalue weighted by Gasteiger charge is -2.17. The van der Waals surface area contributed by atoms with Crippen LogP contribution < -0.4 is 0 Å². The van der Waals surface area contributed by atoms with E-state index < -0.39 is 30.7 Å². The van der Waals surface area contributed by atoms with Gasteiger partial charge in [0.25, 0.3) is 0 Å². The van der Waals surface area contributed by atoms with Gasteiger partial charge in [-0.2, -0.15) is 0 Å². The average molecular weight is 178 g/mol. The van der Waals surface area contributed by atoms with Crippen molar-refractivity contribution in [3.8, 4) is 0 Å². The minimum atomic E-state index is -1.16. The molecule has 12 heavy (non-hydrogen) atoms. The normalized spacial score (nSPS) is 44.8. The summed E-state index contributed by atoms with van der Waals surface area (Å²) < 4.78 is 9.65. The van der Waals surface area contributed by atoms with E-state index in [0.29, 0.717) is 0 Å². The summed E-state index contributed by atoms with van der Waals surface area (Å²) >= 11 is 0. The van der Waals surface area contributed by atoms with Gasteiger partial charge < -0.3 is 24.8 Å². The molecule has 1 aliphatic heterocycles. The SMILES string of the molecule is CO[C@@H]1[C@H](O)[C@H]([C@H](C)O)O[C@@H]1O. The summed E-state index contributed by atoms with van der Waals surface area (Å²) in [6, 6.07) is 0. The van der Waals surface area contributed by atoms with Crippen LogP contribution in [0.15, 0.2) is 0 Å². The summed E-state index contributed by atoms with van der Waals surface area (Å²) in [7, 11) is 1.37. The molecule has 1 aliphatic rings. The van der Waals surface area contributed by atoms with E-state index in [1.807, 2.05) is 0 Å². The van der Waals surface area contributed by atoms with Crippen molar-refractivity contribution in [2.75, 3.05) is 7.11 Å². The Labute approximate surface area is 70.5 Å². The monoisotopic (exact) mass is 178 g/mol. The third-order valence-corrected chi connectivity index (χ3v) is 2.00. The van der Waals surface area contributed by atoms with Crippen LogP contribution >= 0.6 is 0 Å². The van der Waals surface area contributed by atoms with Crippen LogP contribution in [0.1, 0.15) is 6.92 Å². The van der Waals surface area contributed by atoms with Gasteiger partial charge in [0, 0.05) is 7.11 Å². The second-order valence-electron chi connectivity index (χ2n) is 2.92. The predicted octanol–water partition coefficient (Wildman–Crippen LogP) is -1.54. The predicted molar refractivity (Wildman–Crippen MR) is 39.4 cm³/mol. The molecule has 0 aromatic heterocycles. The van der Waals surface area contributed by atoms with Crippen molar-refractivity contribution < 1.29 is 24.8 Å². The van der Waals surface area contributed by atoms with Crippen LogP contribution in [-0.4, -0.2) is 53.1 Å². The molecule has 0 radical (unpaired) electrons. The molecule has 1 fully saturated rings. The van der Waals surface area contributed by atoms with Gasteiger partial charge in [0.15, 0.2) is 6.29 Å².